The molecule has 0 aliphatic heterocycles. The average Bonchev–Trinajstić information content (AvgIpc) is 3.03. The van der Waals surface area contributed by atoms with Crippen LogP contribution < -0.4 is 11.4 Å². The van der Waals surface area contributed by atoms with Gasteiger partial charge in [0.1, 0.15) is 0 Å². The summed E-state index contributed by atoms with van der Waals surface area (Å²) < 4.78 is 33.3. The van der Waals surface area contributed by atoms with Gasteiger partial charge in [-0.1, -0.05) is 76.9 Å². The van der Waals surface area contributed by atoms with Crippen molar-refractivity contribution in [2.75, 3.05) is 0 Å². The van der Waals surface area contributed by atoms with Crippen LogP contribution in [0.1, 0.15) is 76.0 Å². The average molecular weight is 513 g/mol. The molecule has 0 aliphatic carbocycles. The highest BCUT2D eigenvalue weighted by Gasteiger charge is 2.33. The molecular weight excluding hydrogens is 487 g/mol. The number of hydrogen-bond acceptors (Lipinski definition) is 5. The quantitative estimate of drug-likeness (QED) is 0.434. The lowest BCUT2D eigenvalue weighted by Gasteiger charge is -2.22. The summed E-state index contributed by atoms with van der Waals surface area (Å²) in [6, 6.07) is 7.74. The van der Waals surface area contributed by atoms with Crippen LogP contribution in [-0.4, -0.2) is 17.1 Å². The fraction of sp³-hybridized carbons (Fsp3) is 0.391. The molecule has 7 nitrogen and oxygen atoms in total. The Hall–Kier alpha value is -2.29. The zero-order valence-electron chi connectivity index (χ0n) is 19.2. The second-order valence-electron chi connectivity index (χ2n) is 8.80. The van der Waals surface area contributed by atoms with Crippen molar-refractivity contribution >= 4 is 33.2 Å². The van der Waals surface area contributed by atoms with Crippen molar-refractivity contribution < 1.29 is 12.9 Å². The van der Waals surface area contributed by atoms with Crippen molar-refractivity contribution in [3.63, 3.8) is 0 Å². The van der Waals surface area contributed by atoms with Crippen molar-refractivity contribution in [1.29, 1.82) is 0 Å². The zero-order chi connectivity index (χ0) is 24.8. The topological polar surface area (TPSA) is 91.3 Å². The van der Waals surface area contributed by atoms with Crippen molar-refractivity contribution in [2.45, 2.75) is 64.2 Å². The Balaban J connectivity index is 2.35. The van der Waals surface area contributed by atoms with Crippen LogP contribution in [-0.2, 0) is 10.0 Å². The van der Waals surface area contributed by atoms with Gasteiger partial charge in [-0.3, -0.25) is 0 Å². The molecule has 1 heterocycles. The van der Waals surface area contributed by atoms with E-state index in [1.807, 2.05) is 53.7 Å². The van der Waals surface area contributed by atoms with Crippen LogP contribution in [0.4, 0.5) is 0 Å². The molecule has 0 radical (unpaired) electrons. The molecule has 0 spiro atoms. The first-order valence-electron chi connectivity index (χ1n) is 10.5. The summed E-state index contributed by atoms with van der Waals surface area (Å²) in [7, 11) is -4.53. The monoisotopic (exact) mass is 512 g/mol. The van der Waals surface area contributed by atoms with Crippen LogP contribution in [0, 0.1) is 0 Å². The van der Waals surface area contributed by atoms with Gasteiger partial charge < -0.3 is 4.52 Å². The lowest BCUT2D eigenvalue weighted by atomic mass is 9.89. The summed E-state index contributed by atoms with van der Waals surface area (Å²) in [6.45, 7) is 11.6. The van der Waals surface area contributed by atoms with Crippen molar-refractivity contribution in [3.05, 3.63) is 78.1 Å². The van der Waals surface area contributed by atoms with E-state index in [0.717, 1.165) is 5.56 Å². The molecule has 0 bridgehead atoms. The van der Waals surface area contributed by atoms with Gasteiger partial charge >= 0.3 is 11.4 Å². The number of nitrogens with zero attached hydrogens (tertiary/aromatic N) is 2. The van der Waals surface area contributed by atoms with Gasteiger partial charge in [-0.15, -0.1) is 0 Å². The molecule has 0 N–H and O–H groups in total. The maximum Gasteiger partial charge on any atom is 0.448 e. The predicted molar refractivity (Wildman–Crippen MR) is 130 cm³/mol. The van der Waals surface area contributed by atoms with E-state index in [2.05, 4.69) is 0 Å². The van der Waals surface area contributed by atoms with Gasteiger partial charge in [0.25, 0.3) is 10.0 Å². The first-order chi connectivity index (χ1) is 15.3. The largest absolute Gasteiger partial charge is 0.448 e. The summed E-state index contributed by atoms with van der Waals surface area (Å²) in [5, 5.41) is 0.322. The molecule has 3 aromatic rings. The summed E-state index contributed by atoms with van der Waals surface area (Å²) in [4.78, 5) is 25.7. The number of benzene rings is 2. The standard InChI is InChI=1S/C23H26Cl2N2O5S/c1-12(2)15-9-17(13(3)4)21(18(10-15)14(5)6)33(30,31)27-22(28)26(23(29)32-27)16-7-8-19(24)20(25)11-16/h7-14H,1-6H3. The van der Waals surface area contributed by atoms with Gasteiger partial charge in [0.15, 0.2) is 0 Å². The predicted octanol–water partition coefficient (Wildman–Crippen LogP) is 5.51. The van der Waals surface area contributed by atoms with E-state index in [1.165, 1.54) is 18.2 Å². The first kappa shape index (κ1) is 25.3. The number of halogens is 2. The summed E-state index contributed by atoms with van der Waals surface area (Å²) in [5.41, 5.74) is 0.989. The molecule has 10 heteroatoms. The third kappa shape index (κ3) is 4.56. The normalized spacial score (nSPS) is 12.3. The fourth-order valence-electron chi connectivity index (χ4n) is 3.57. The Morgan fingerprint density at radius 3 is 1.82 bits per heavy atom. The molecule has 0 amide bonds. The minimum absolute atomic E-state index is 0.0194. The molecule has 0 unspecified atom stereocenters. The second kappa shape index (κ2) is 9.16. The van der Waals surface area contributed by atoms with E-state index >= 15 is 0 Å². The van der Waals surface area contributed by atoms with Crippen molar-refractivity contribution in [1.82, 2.24) is 8.71 Å². The molecule has 0 atom stereocenters. The van der Waals surface area contributed by atoms with Crippen LogP contribution >= 0.6 is 23.2 Å². The second-order valence-corrected chi connectivity index (χ2v) is 11.3. The van der Waals surface area contributed by atoms with Crippen molar-refractivity contribution in [2.24, 2.45) is 0 Å². The zero-order valence-corrected chi connectivity index (χ0v) is 21.5. The van der Waals surface area contributed by atoms with Crippen molar-refractivity contribution in [3.8, 4) is 5.69 Å². The highest BCUT2D eigenvalue weighted by Crippen LogP contribution is 2.35. The van der Waals surface area contributed by atoms with Gasteiger partial charge in [-0.2, -0.15) is 13.0 Å². The highest BCUT2D eigenvalue weighted by atomic mass is 35.5. The van der Waals surface area contributed by atoms with Gasteiger partial charge in [-0.25, -0.2) is 9.59 Å². The minimum atomic E-state index is -4.53. The van der Waals surface area contributed by atoms with Gasteiger partial charge in [0, 0.05) is 0 Å². The molecule has 0 saturated heterocycles. The summed E-state index contributed by atoms with van der Waals surface area (Å²) in [5.74, 6) is -1.30. The van der Waals surface area contributed by atoms with Crippen LogP contribution in [0.25, 0.3) is 5.69 Å². The van der Waals surface area contributed by atoms with Crippen LogP contribution in [0.15, 0.2) is 49.3 Å². The SMILES string of the molecule is CC(C)c1cc(C(C)C)c(S(=O)(=O)n2oc(=O)n(-c3ccc(Cl)c(Cl)c3)c2=O)c(C(C)C)c1. The minimum Gasteiger partial charge on any atom is -0.300 e. The molecule has 33 heavy (non-hydrogen) atoms. The molecule has 2 aromatic carbocycles. The lowest BCUT2D eigenvalue weighted by Crippen LogP contribution is -2.31. The first-order valence-corrected chi connectivity index (χ1v) is 12.7. The summed E-state index contributed by atoms with van der Waals surface area (Å²) >= 11 is 11.9. The molecule has 0 saturated carbocycles. The maximum atomic E-state index is 13.8. The molecule has 178 valence electrons. The Labute approximate surface area is 202 Å². The van der Waals surface area contributed by atoms with E-state index in [9.17, 15) is 18.0 Å². The number of hydrogen-bond donors (Lipinski definition) is 0. The third-order valence-corrected chi connectivity index (χ3v) is 7.80. The summed E-state index contributed by atoms with van der Waals surface area (Å²) in [6.07, 6.45) is 0. The smallest absolute Gasteiger partial charge is 0.300 e. The Morgan fingerprint density at radius 2 is 1.36 bits per heavy atom. The highest BCUT2D eigenvalue weighted by molar-refractivity contribution is 7.89. The van der Waals surface area contributed by atoms with Crippen LogP contribution in [0.2, 0.25) is 10.0 Å². The fourth-order valence-corrected chi connectivity index (χ4v) is 5.67. The van der Waals surface area contributed by atoms with E-state index in [-0.39, 0.29) is 42.5 Å². The van der Waals surface area contributed by atoms with Crippen LogP contribution in [0.5, 0.6) is 0 Å². The van der Waals surface area contributed by atoms with Gasteiger partial charge in [-0.05, 0) is 56.8 Å². The van der Waals surface area contributed by atoms with E-state index in [1.54, 1.807) is 0 Å². The number of rotatable bonds is 6. The molecule has 1 aromatic heterocycles. The molecular formula is C23H26Cl2N2O5S. The van der Waals surface area contributed by atoms with Crippen LogP contribution in [0.3, 0.4) is 0 Å². The van der Waals surface area contributed by atoms with E-state index < -0.39 is 21.5 Å². The van der Waals surface area contributed by atoms with E-state index in [0.29, 0.717) is 15.7 Å². The maximum absolute atomic E-state index is 13.8. The Kier molecular flexibility index (Phi) is 7.03. The van der Waals surface area contributed by atoms with Gasteiger partial charge in [0.2, 0.25) is 0 Å². The lowest BCUT2D eigenvalue weighted by molar-refractivity contribution is 0.332. The molecule has 0 fully saturated rings. The van der Waals surface area contributed by atoms with E-state index in [4.69, 9.17) is 27.7 Å². The Morgan fingerprint density at radius 1 is 0.818 bits per heavy atom. The Bertz CT molecular complexity index is 1400. The molecule has 0 aliphatic rings. The third-order valence-electron chi connectivity index (χ3n) is 5.41. The molecule has 3 rings (SSSR count). The number of aromatic nitrogens is 2. The van der Waals surface area contributed by atoms with Gasteiger partial charge in [0.05, 0.1) is 20.6 Å².